The lowest BCUT2D eigenvalue weighted by Gasteiger charge is -2.42. The molecule has 4 rings (SSSR count). The van der Waals surface area contributed by atoms with E-state index in [1.54, 1.807) is 11.0 Å². The van der Waals surface area contributed by atoms with E-state index >= 15 is 0 Å². The van der Waals surface area contributed by atoms with Gasteiger partial charge in [0.2, 0.25) is 0 Å². The molecule has 0 bridgehead atoms. The van der Waals surface area contributed by atoms with Crippen molar-refractivity contribution in [1.82, 2.24) is 14.8 Å². The number of aromatic amines is 1. The van der Waals surface area contributed by atoms with Crippen molar-refractivity contribution < 1.29 is 13.2 Å². The molecule has 0 radical (unpaired) electrons. The van der Waals surface area contributed by atoms with Crippen molar-refractivity contribution in [3.8, 4) is 0 Å². The number of hydrogen-bond donors (Lipinski definition) is 1. The van der Waals surface area contributed by atoms with Crippen molar-refractivity contribution >= 4 is 26.6 Å². The van der Waals surface area contributed by atoms with Gasteiger partial charge in [0.15, 0.2) is 9.84 Å². The van der Waals surface area contributed by atoms with Gasteiger partial charge < -0.3 is 9.88 Å². The van der Waals surface area contributed by atoms with Crippen LogP contribution in [0.5, 0.6) is 0 Å². The third-order valence-corrected chi connectivity index (χ3v) is 6.71. The van der Waals surface area contributed by atoms with Crippen LogP contribution in [-0.4, -0.2) is 72.8 Å². The van der Waals surface area contributed by atoms with Crippen LogP contribution in [0, 0.1) is 0 Å². The van der Waals surface area contributed by atoms with Crippen LogP contribution in [-0.2, 0) is 9.84 Å². The van der Waals surface area contributed by atoms with Gasteiger partial charge in [-0.3, -0.25) is 9.69 Å². The zero-order chi connectivity index (χ0) is 16.2. The molecule has 1 amide bonds. The number of aromatic nitrogens is 1. The fourth-order valence-electron chi connectivity index (χ4n) is 3.73. The Kier molecular flexibility index (Phi) is 3.24. The average molecular weight is 333 g/mol. The summed E-state index contributed by atoms with van der Waals surface area (Å²) in [5.41, 5.74) is 1.60. The molecule has 2 aliphatic rings. The van der Waals surface area contributed by atoms with E-state index in [0.29, 0.717) is 18.7 Å². The molecule has 0 saturated carbocycles. The number of amides is 1. The third kappa shape index (κ3) is 2.44. The summed E-state index contributed by atoms with van der Waals surface area (Å²) in [4.78, 5) is 19.9. The summed E-state index contributed by atoms with van der Waals surface area (Å²) in [7, 11) is -1.14. The van der Waals surface area contributed by atoms with Crippen molar-refractivity contribution in [2.45, 2.75) is 12.1 Å². The zero-order valence-corrected chi connectivity index (χ0v) is 13.7. The minimum absolute atomic E-state index is 0.0696. The number of benzene rings is 1. The first kappa shape index (κ1) is 14.7. The molecule has 7 heteroatoms. The van der Waals surface area contributed by atoms with Gasteiger partial charge in [0, 0.05) is 41.8 Å². The van der Waals surface area contributed by atoms with Gasteiger partial charge in [-0.2, -0.15) is 0 Å². The number of nitrogens with zero attached hydrogens (tertiary/aromatic N) is 2. The topological polar surface area (TPSA) is 73.5 Å². The average Bonchev–Trinajstić information content (AvgIpc) is 3.09. The fraction of sp³-hybridized carbons (Fsp3) is 0.438. The molecule has 122 valence electrons. The second-order valence-corrected chi connectivity index (χ2v) is 8.62. The first-order chi connectivity index (χ1) is 10.9. The number of rotatable bonds is 1. The molecular formula is C16H19N3O3S. The maximum absolute atomic E-state index is 12.9. The number of H-pyrrole nitrogens is 1. The normalized spacial score (nSPS) is 27.3. The summed E-state index contributed by atoms with van der Waals surface area (Å²) in [6.45, 7) is 1.27. The highest BCUT2D eigenvalue weighted by Crippen LogP contribution is 2.27. The van der Waals surface area contributed by atoms with Crippen molar-refractivity contribution in [2.24, 2.45) is 0 Å². The van der Waals surface area contributed by atoms with E-state index in [2.05, 4.69) is 9.88 Å². The molecule has 1 aromatic carbocycles. The highest BCUT2D eigenvalue weighted by atomic mass is 32.2. The van der Waals surface area contributed by atoms with Gasteiger partial charge in [0.05, 0.1) is 17.5 Å². The number of fused-ring (bicyclic) bond motifs is 2. The molecule has 3 heterocycles. The van der Waals surface area contributed by atoms with E-state index < -0.39 is 9.84 Å². The van der Waals surface area contributed by atoms with E-state index in [4.69, 9.17) is 0 Å². The molecule has 2 saturated heterocycles. The Bertz CT molecular complexity index is 874. The first-order valence-corrected chi connectivity index (χ1v) is 9.55. The van der Waals surface area contributed by atoms with Gasteiger partial charge in [-0.05, 0) is 31.3 Å². The third-order valence-electron chi connectivity index (χ3n) is 5.01. The van der Waals surface area contributed by atoms with Crippen molar-refractivity contribution in [2.75, 3.05) is 31.6 Å². The molecule has 2 atom stereocenters. The zero-order valence-electron chi connectivity index (χ0n) is 12.9. The second-order valence-electron chi connectivity index (χ2n) is 6.47. The summed E-state index contributed by atoms with van der Waals surface area (Å²) in [6.07, 6.45) is 1.84. The molecule has 2 fully saturated rings. The summed E-state index contributed by atoms with van der Waals surface area (Å²) in [6, 6.07) is 7.16. The summed E-state index contributed by atoms with van der Waals surface area (Å²) >= 11 is 0. The van der Waals surface area contributed by atoms with E-state index in [1.807, 2.05) is 31.4 Å². The van der Waals surface area contributed by atoms with E-state index in [1.165, 1.54) is 0 Å². The maximum atomic E-state index is 12.9. The summed E-state index contributed by atoms with van der Waals surface area (Å²) in [5, 5.41) is 0.987. The number of carbonyl (C=O) groups is 1. The van der Waals surface area contributed by atoms with Crippen molar-refractivity contribution in [1.29, 1.82) is 0 Å². The number of nitrogens with one attached hydrogen (secondary N) is 1. The first-order valence-electron chi connectivity index (χ1n) is 7.73. The molecule has 6 nitrogen and oxygen atoms in total. The Morgan fingerprint density at radius 1 is 1.17 bits per heavy atom. The van der Waals surface area contributed by atoms with Crippen LogP contribution in [0.15, 0.2) is 30.5 Å². The van der Waals surface area contributed by atoms with Gasteiger partial charge in [-0.25, -0.2) is 8.42 Å². The van der Waals surface area contributed by atoms with Crippen LogP contribution in [0.25, 0.3) is 10.9 Å². The van der Waals surface area contributed by atoms with Crippen LogP contribution in [0.3, 0.4) is 0 Å². The number of piperazine rings is 1. The largest absolute Gasteiger partial charge is 0.361 e. The Morgan fingerprint density at radius 2 is 1.96 bits per heavy atom. The second kappa shape index (κ2) is 5.07. The Labute approximate surface area is 135 Å². The standard InChI is InChI=1S/C16H19N3O3S/c1-18-6-7-19(15-10-23(21,22)9-14(15)18)16(20)12-2-3-13-11(8-12)4-5-17-13/h2-5,8,14-15,17H,6-7,9-10H2,1H3/t14-,15+/m0/s1. The SMILES string of the molecule is CN1CCN(C(=O)c2ccc3[nH]ccc3c2)[C@@H]2CS(=O)(=O)C[C@@H]21. The minimum Gasteiger partial charge on any atom is -0.361 e. The van der Waals surface area contributed by atoms with Gasteiger partial charge in [0.25, 0.3) is 5.91 Å². The Morgan fingerprint density at radius 3 is 2.78 bits per heavy atom. The van der Waals surface area contributed by atoms with Crippen LogP contribution in [0.1, 0.15) is 10.4 Å². The molecule has 1 aromatic heterocycles. The molecule has 2 aliphatic heterocycles. The van der Waals surface area contributed by atoms with Gasteiger partial charge >= 0.3 is 0 Å². The van der Waals surface area contributed by atoms with Crippen molar-refractivity contribution in [3.63, 3.8) is 0 Å². The molecular weight excluding hydrogens is 314 g/mol. The monoisotopic (exact) mass is 333 g/mol. The lowest BCUT2D eigenvalue weighted by Crippen LogP contribution is -2.59. The van der Waals surface area contributed by atoms with E-state index in [9.17, 15) is 13.2 Å². The van der Waals surface area contributed by atoms with Crippen LogP contribution in [0.2, 0.25) is 0 Å². The summed E-state index contributed by atoms with van der Waals surface area (Å²) < 4.78 is 24.0. The number of likely N-dealkylation sites (N-methyl/N-ethyl adjacent to an activating group) is 1. The van der Waals surface area contributed by atoms with Gasteiger partial charge in [0.1, 0.15) is 0 Å². The lowest BCUT2D eigenvalue weighted by molar-refractivity contribution is 0.0410. The smallest absolute Gasteiger partial charge is 0.254 e. The van der Waals surface area contributed by atoms with Crippen molar-refractivity contribution in [3.05, 3.63) is 36.0 Å². The fourth-order valence-corrected chi connectivity index (χ4v) is 5.79. The highest BCUT2D eigenvalue weighted by Gasteiger charge is 2.47. The van der Waals surface area contributed by atoms with Crippen LogP contribution in [0.4, 0.5) is 0 Å². The molecule has 0 unspecified atom stereocenters. The quantitative estimate of drug-likeness (QED) is 0.835. The number of carbonyl (C=O) groups excluding carboxylic acids is 1. The Hall–Kier alpha value is -1.86. The maximum Gasteiger partial charge on any atom is 0.254 e. The molecule has 2 aromatic rings. The van der Waals surface area contributed by atoms with Crippen LogP contribution < -0.4 is 0 Å². The van der Waals surface area contributed by atoms with Crippen LogP contribution >= 0.6 is 0 Å². The van der Waals surface area contributed by atoms with E-state index in [-0.39, 0.29) is 29.5 Å². The minimum atomic E-state index is -3.08. The lowest BCUT2D eigenvalue weighted by atomic mass is 10.0. The summed E-state index contributed by atoms with van der Waals surface area (Å²) in [5.74, 6) is 0.142. The van der Waals surface area contributed by atoms with E-state index in [0.717, 1.165) is 10.9 Å². The van der Waals surface area contributed by atoms with Gasteiger partial charge in [-0.1, -0.05) is 0 Å². The molecule has 23 heavy (non-hydrogen) atoms. The Balaban J connectivity index is 1.67. The highest BCUT2D eigenvalue weighted by molar-refractivity contribution is 7.91. The number of sulfone groups is 1. The molecule has 1 N–H and O–H groups in total. The molecule has 0 aliphatic carbocycles. The van der Waals surface area contributed by atoms with Gasteiger partial charge in [-0.15, -0.1) is 0 Å². The predicted octanol–water partition coefficient (Wildman–Crippen LogP) is 0.721. The number of hydrogen-bond acceptors (Lipinski definition) is 4. The molecule has 0 spiro atoms. The predicted molar refractivity (Wildman–Crippen MR) is 88.2 cm³/mol.